The molecule has 0 radical (unpaired) electrons. The Kier molecular flexibility index (Phi) is 4.74. The lowest BCUT2D eigenvalue weighted by Gasteiger charge is -2.29. The van der Waals surface area contributed by atoms with E-state index >= 15 is 0 Å². The van der Waals surface area contributed by atoms with Gasteiger partial charge in [0.2, 0.25) is 0 Å². The summed E-state index contributed by atoms with van der Waals surface area (Å²) in [5.41, 5.74) is 0.289. The molecule has 0 unspecified atom stereocenters. The standard InChI is InChI=1S/C15H14BrNO6/c1-15(2)22-13(19)10(14(20)23-15)7-17-11-5-4-8(16)6-9(11)12(18)21-3/h4-7,17H,1-3H3. The minimum absolute atomic E-state index is 0.233. The molecular weight excluding hydrogens is 370 g/mol. The van der Waals surface area contributed by atoms with E-state index in [1.54, 1.807) is 18.2 Å². The number of benzene rings is 1. The number of carbonyl (C=O) groups is 3. The van der Waals surface area contributed by atoms with E-state index in [1.165, 1.54) is 21.0 Å². The molecule has 1 fully saturated rings. The summed E-state index contributed by atoms with van der Waals surface area (Å²) in [4.78, 5) is 35.4. The Morgan fingerprint density at radius 3 is 2.43 bits per heavy atom. The van der Waals surface area contributed by atoms with Crippen LogP contribution < -0.4 is 5.32 Å². The van der Waals surface area contributed by atoms with Gasteiger partial charge in [0.05, 0.1) is 18.4 Å². The fourth-order valence-corrected chi connectivity index (χ4v) is 2.21. The van der Waals surface area contributed by atoms with E-state index in [0.29, 0.717) is 10.2 Å². The number of ether oxygens (including phenoxy) is 3. The number of nitrogens with one attached hydrogen (secondary N) is 1. The molecule has 1 aromatic rings. The Morgan fingerprint density at radius 1 is 1.26 bits per heavy atom. The van der Waals surface area contributed by atoms with Crippen molar-refractivity contribution in [2.24, 2.45) is 0 Å². The maximum Gasteiger partial charge on any atom is 0.350 e. The van der Waals surface area contributed by atoms with Crippen molar-refractivity contribution >= 4 is 39.5 Å². The van der Waals surface area contributed by atoms with Crippen LogP contribution in [0.5, 0.6) is 0 Å². The van der Waals surface area contributed by atoms with Gasteiger partial charge in [-0.25, -0.2) is 14.4 Å². The lowest BCUT2D eigenvalue weighted by Crippen LogP contribution is -2.42. The van der Waals surface area contributed by atoms with Gasteiger partial charge in [-0.1, -0.05) is 15.9 Å². The molecule has 1 aromatic carbocycles. The second-order valence-corrected chi connectivity index (χ2v) is 5.98. The molecule has 0 spiro atoms. The minimum Gasteiger partial charge on any atom is -0.465 e. The van der Waals surface area contributed by atoms with Crippen molar-refractivity contribution in [2.45, 2.75) is 19.6 Å². The Labute approximate surface area is 140 Å². The van der Waals surface area contributed by atoms with Crippen molar-refractivity contribution in [1.29, 1.82) is 0 Å². The van der Waals surface area contributed by atoms with Crippen molar-refractivity contribution in [3.63, 3.8) is 0 Å². The molecule has 0 aliphatic carbocycles. The van der Waals surface area contributed by atoms with E-state index in [2.05, 4.69) is 26.0 Å². The van der Waals surface area contributed by atoms with E-state index < -0.39 is 23.7 Å². The zero-order valence-electron chi connectivity index (χ0n) is 12.6. The molecular formula is C15H14BrNO6. The van der Waals surface area contributed by atoms with E-state index in [4.69, 9.17) is 9.47 Å². The lowest BCUT2D eigenvalue weighted by molar-refractivity contribution is -0.222. The number of halogens is 1. The topological polar surface area (TPSA) is 90.9 Å². The highest BCUT2D eigenvalue weighted by Crippen LogP contribution is 2.25. The Bertz CT molecular complexity index is 688. The molecule has 1 saturated heterocycles. The first-order chi connectivity index (χ1) is 10.7. The summed E-state index contributed by atoms with van der Waals surface area (Å²) in [6.45, 7) is 2.91. The van der Waals surface area contributed by atoms with Gasteiger partial charge < -0.3 is 19.5 Å². The summed E-state index contributed by atoms with van der Waals surface area (Å²) < 4.78 is 15.3. The van der Waals surface area contributed by atoms with Gasteiger partial charge in [0, 0.05) is 24.5 Å². The molecule has 1 aliphatic heterocycles. The molecule has 0 aromatic heterocycles. The van der Waals surface area contributed by atoms with Crippen molar-refractivity contribution in [3.8, 4) is 0 Å². The van der Waals surface area contributed by atoms with E-state index in [-0.39, 0.29) is 11.1 Å². The highest BCUT2D eigenvalue weighted by atomic mass is 79.9. The maximum atomic E-state index is 11.8. The van der Waals surface area contributed by atoms with Crippen molar-refractivity contribution in [3.05, 3.63) is 40.0 Å². The van der Waals surface area contributed by atoms with Gasteiger partial charge in [-0.05, 0) is 18.2 Å². The Hall–Kier alpha value is -2.35. The van der Waals surface area contributed by atoms with E-state index in [9.17, 15) is 14.4 Å². The van der Waals surface area contributed by atoms with Gasteiger partial charge in [0.15, 0.2) is 5.57 Å². The third kappa shape index (κ3) is 3.89. The Balaban J connectivity index is 2.28. The number of hydrogen-bond acceptors (Lipinski definition) is 7. The van der Waals surface area contributed by atoms with Crippen molar-refractivity contribution < 1.29 is 28.6 Å². The molecule has 7 nitrogen and oxygen atoms in total. The normalized spacial score (nSPS) is 16.3. The zero-order chi connectivity index (χ0) is 17.2. The number of hydrogen-bond donors (Lipinski definition) is 1. The first-order valence-corrected chi connectivity index (χ1v) is 7.34. The van der Waals surface area contributed by atoms with Crippen molar-refractivity contribution in [1.82, 2.24) is 0 Å². The maximum absolute atomic E-state index is 11.8. The average Bonchev–Trinajstić information content (AvgIpc) is 2.45. The summed E-state index contributed by atoms with van der Waals surface area (Å²) >= 11 is 3.25. The molecule has 23 heavy (non-hydrogen) atoms. The van der Waals surface area contributed by atoms with Gasteiger partial charge in [0.1, 0.15) is 0 Å². The van der Waals surface area contributed by atoms with Crippen LogP contribution in [-0.2, 0) is 23.8 Å². The number of rotatable bonds is 3. The molecule has 1 heterocycles. The van der Waals surface area contributed by atoms with E-state index in [0.717, 1.165) is 6.20 Å². The average molecular weight is 384 g/mol. The summed E-state index contributed by atoms with van der Waals surface area (Å²) in [6, 6.07) is 4.83. The highest BCUT2D eigenvalue weighted by molar-refractivity contribution is 9.10. The van der Waals surface area contributed by atoms with Crippen LogP contribution in [0.1, 0.15) is 24.2 Å². The van der Waals surface area contributed by atoms with Crippen LogP contribution in [-0.4, -0.2) is 30.8 Å². The van der Waals surface area contributed by atoms with Crippen LogP contribution >= 0.6 is 15.9 Å². The summed E-state index contributed by atoms with van der Waals surface area (Å²) in [7, 11) is 1.25. The largest absolute Gasteiger partial charge is 0.465 e. The van der Waals surface area contributed by atoms with Gasteiger partial charge in [-0.15, -0.1) is 0 Å². The predicted octanol–water partition coefficient (Wildman–Crippen LogP) is 2.37. The third-order valence-corrected chi connectivity index (χ3v) is 3.37. The fraction of sp³-hybridized carbons (Fsp3) is 0.267. The molecule has 0 atom stereocenters. The van der Waals surface area contributed by atoms with Gasteiger partial charge in [-0.2, -0.15) is 0 Å². The summed E-state index contributed by atoms with van der Waals surface area (Å²) in [6.07, 6.45) is 1.13. The minimum atomic E-state index is -1.31. The highest BCUT2D eigenvalue weighted by Gasteiger charge is 2.39. The number of anilines is 1. The van der Waals surface area contributed by atoms with Crippen LogP contribution in [0.25, 0.3) is 0 Å². The third-order valence-electron chi connectivity index (χ3n) is 2.88. The monoisotopic (exact) mass is 383 g/mol. The molecule has 1 N–H and O–H groups in total. The SMILES string of the molecule is COC(=O)c1cc(Br)ccc1NC=C1C(=O)OC(C)(C)OC1=O. The van der Waals surface area contributed by atoms with Crippen LogP contribution in [0.2, 0.25) is 0 Å². The van der Waals surface area contributed by atoms with Crippen molar-refractivity contribution in [2.75, 3.05) is 12.4 Å². The van der Waals surface area contributed by atoms with Crippen LogP contribution in [0, 0.1) is 0 Å². The number of esters is 3. The van der Waals surface area contributed by atoms with Gasteiger partial charge >= 0.3 is 17.9 Å². The number of cyclic esters (lactones) is 2. The second kappa shape index (κ2) is 6.41. The molecule has 122 valence electrons. The zero-order valence-corrected chi connectivity index (χ0v) is 14.2. The smallest absolute Gasteiger partial charge is 0.350 e. The first-order valence-electron chi connectivity index (χ1n) is 6.55. The molecule has 1 aliphatic rings. The number of carbonyl (C=O) groups excluding carboxylic acids is 3. The predicted molar refractivity (Wildman–Crippen MR) is 83.5 cm³/mol. The second-order valence-electron chi connectivity index (χ2n) is 5.06. The summed E-state index contributed by atoms with van der Waals surface area (Å²) in [5.74, 6) is -3.49. The quantitative estimate of drug-likeness (QED) is 0.486. The van der Waals surface area contributed by atoms with Gasteiger partial charge in [0.25, 0.3) is 5.79 Å². The number of methoxy groups -OCH3 is 1. The van der Waals surface area contributed by atoms with Crippen LogP contribution in [0.3, 0.4) is 0 Å². The van der Waals surface area contributed by atoms with E-state index in [1.807, 2.05) is 0 Å². The van der Waals surface area contributed by atoms with Gasteiger partial charge in [-0.3, -0.25) is 0 Å². The lowest BCUT2D eigenvalue weighted by atomic mass is 10.1. The molecule has 2 rings (SSSR count). The Morgan fingerprint density at radius 2 is 1.87 bits per heavy atom. The fourth-order valence-electron chi connectivity index (χ4n) is 1.85. The molecule has 0 amide bonds. The van der Waals surface area contributed by atoms with Crippen LogP contribution in [0.15, 0.2) is 34.4 Å². The van der Waals surface area contributed by atoms with Crippen LogP contribution in [0.4, 0.5) is 5.69 Å². The molecule has 8 heteroatoms. The molecule has 0 bridgehead atoms. The first kappa shape index (κ1) is 17.0. The molecule has 0 saturated carbocycles. The summed E-state index contributed by atoms with van der Waals surface area (Å²) in [5, 5.41) is 2.73.